The normalized spacial score (nSPS) is 29.5. The Morgan fingerprint density at radius 1 is 1.12 bits per heavy atom. The molecule has 1 spiro atoms. The van der Waals surface area contributed by atoms with Crippen LogP contribution in [0.3, 0.4) is 0 Å². The lowest BCUT2D eigenvalue weighted by Crippen LogP contribution is -2.47. The molecule has 0 radical (unpaired) electrons. The highest BCUT2D eigenvalue weighted by Crippen LogP contribution is 2.70. The van der Waals surface area contributed by atoms with Gasteiger partial charge in [0.15, 0.2) is 5.65 Å². The Hall–Kier alpha value is -2.93. The fraction of sp³-hybridized carbons (Fsp3) is 0.704. The molecule has 224 valence electrons. The van der Waals surface area contributed by atoms with E-state index in [1.807, 2.05) is 0 Å². The van der Waals surface area contributed by atoms with Crippen LogP contribution in [0.2, 0.25) is 0 Å². The van der Waals surface area contributed by atoms with E-state index in [1.165, 1.54) is 10.7 Å². The molecule has 6 rings (SSSR count). The highest BCUT2D eigenvalue weighted by molar-refractivity contribution is 5.83. The van der Waals surface area contributed by atoms with E-state index in [9.17, 15) is 40.3 Å². The van der Waals surface area contributed by atoms with Gasteiger partial charge in [-0.2, -0.15) is 18.3 Å². The van der Waals surface area contributed by atoms with E-state index in [4.69, 9.17) is 0 Å². The summed E-state index contributed by atoms with van der Waals surface area (Å²) in [7, 11) is 0. The van der Waals surface area contributed by atoms with Gasteiger partial charge in [-0.25, -0.2) is 27.1 Å². The zero-order chi connectivity index (χ0) is 29.4. The van der Waals surface area contributed by atoms with E-state index in [2.05, 4.69) is 20.7 Å². The molecule has 4 aliphatic rings. The predicted octanol–water partition coefficient (Wildman–Crippen LogP) is 5.00. The number of carbonyl (C=O) groups excluding carboxylic acids is 2. The molecule has 0 bridgehead atoms. The summed E-state index contributed by atoms with van der Waals surface area (Å²) in [5.41, 5.74) is 0.420. The van der Waals surface area contributed by atoms with Gasteiger partial charge in [-0.3, -0.25) is 9.59 Å². The van der Waals surface area contributed by atoms with E-state index in [0.717, 1.165) is 0 Å². The van der Waals surface area contributed by atoms with Crippen LogP contribution in [0.15, 0.2) is 18.3 Å². The van der Waals surface area contributed by atoms with E-state index >= 15 is 0 Å². The molecule has 3 heterocycles. The zero-order valence-electron chi connectivity index (χ0n) is 22.0. The standard InChI is InChI=1S/C27H30F7N5O2/c28-25(29)5-3-14(4-6-25)21(37-23(41)18-9-24(18)12-26(30,31)13-24)19-11-39-20(36-19)2-1-17(38-39)8-15-7-16(27(32,33)34)10-35-22(15)40/h1-2,11,14-16,18,21H,3-10,12-13H2,(H,35,40)(H,37,41)/t15?,16-,18?,21+/m1/s1. The van der Waals surface area contributed by atoms with Crippen molar-refractivity contribution in [3.05, 3.63) is 29.7 Å². The molecule has 2 aromatic rings. The lowest BCUT2D eigenvalue weighted by Gasteiger charge is -2.37. The van der Waals surface area contributed by atoms with Crippen molar-refractivity contribution in [2.45, 2.75) is 81.9 Å². The number of hydrogen-bond donors (Lipinski definition) is 2. The molecule has 14 heteroatoms. The molecule has 1 aliphatic heterocycles. The van der Waals surface area contributed by atoms with Gasteiger partial charge < -0.3 is 10.6 Å². The molecule has 3 aliphatic carbocycles. The summed E-state index contributed by atoms with van der Waals surface area (Å²) in [6.45, 7) is -0.458. The second-order valence-electron chi connectivity index (χ2n) is 12.4. The Kier molecular flexibility index (Phi) is 6.57. The molecule has 2 unspecified atom stereocenters. The quantitative estimate of drug-likeness (QED) is 0.464. The van der Waals surface area contributed by atoms with Crippen LogP contribution in [0.4, 0.5) is 30.7 Å². The number of imidazole rings is 1. The number of hydrogen-bond acceptors (Lipinski definition) is 4. The largest absolute Gasteiger partial charge is 0.393 e. The Bertz CT molecular complexity index is 1340. The van der Waals surface area contributed by atoms with Crippen molar-refractivity contribution in [1.82, 2.24) is 25.2 Å². The Morgan fingerprint density at radius 3 is 2.49 bits per heavy atom. The maximum Gasteiger partial charge on any atom is 0.393 e. The van der Waals surface area contributed by atoms with Gasteiger partial charge in [0.1, 0.15) is 0 Å². The van der Waals surface area contributed by atoms with Crippen molar-refractivity contribution in [2.24, 2.45) is 29.1 Å². The van der Waals surface area contributed by atoms with Gasteiger partial charge in [-0.05, 0) is 49.1 Å². The van der Waals surface area contributed by atoms with Crippen LogP contribution in [0.1, 0.15) is 68.8 Å². The number of carbonyl (C=O) groups is 2. The molecule has 2 amide bonds. The van der Waals surface area contributed by atoms with Crippen molar-refractivity contribution in [1.29, 1.82) is 0 Å². The van der Waals surface area contributed by atoms with Crippen molar-refractivity contribution < 1.29 is 40.3 Å². The van der Waals surface area contributed by atoms with Crippen molar-refractivity contribution in [3.8, 4) is 0 Å². The topological polar surface area (TPSA) is 88.4 Å². The number of aromatic nitrogens is 3. The first-order valence-electron chi connectivity index (χ1n) is 13.9. The van der Waals surface area contributed by atoms with Crippen LogP contribution in [-0.2, 0) is 16.0 Å². The van der Waals surface area contributed by atoms with Crippen LogP contribution >= 0.6 is 0 Å². The third-order valence-electron chi connectivity index (χ3n) is 9.35. The van der Waals surface area contributed by atoms with Crippen molar-refractivity contribution >= 4 is 17.5 Å². The number of rotatable bonds is 6. The van der Waals surface area contributed by atoms with Crippen LogP contribution < -0.4 is 10.6 Å². The first kappa shape index (κ1) is 28.2. The minimum atomic E-state index is -4.43. The van der Waals surface area contributed by atoms with Gasteiger partial charge in [0.2, 0.25) is 23.7 Å². The smallest absolute Gasteiger partial charge is 0.355 e. The third-order valence-corrected chi connectivity index (χ3v) is 9.35. The van der Waals surface area contributed by atoms with Gasteiger partial charge >= 0.3 is 6.18 Å². The van der Waals surface area contributed by atoms with Gasteiger partial charge in [0, 0.05) is 50.5 Å². The van der Waals surface area contributed by atoms with Crippen LogP contribution in [0.25, 0.3) is 5.65 Å². The average Bonchev–Trinajstić information content (AvgIpc) is 3.42. The molecule has 0 aromatic carbocycles. The lowest BCUT2D eigenvalue weighted by atomic mass is 9.76. The molecule has 1 saturated heterocycles. The number of fused-ring (bicyclic) bond motifs is 1. The summed E-state index contributed by atoms with van der Waals surface area (Å²) in [5, 5.41) is 9.66. The fourth-order valence-electron chi connectivity index (χ4n) is 6.95. The predicted molar refractivity (Wildman–Crippen MR) is 130 cm³/mol. The average molecular weight is 590 g/mol. The Morgan fingerprint density at radius 2 is 1.83 bits per heavy atom. The SMILES string of the molecule is O=C1NC[C@H](C(F)(F)F)CC1Cc1ccc2nc([C@@H](NC(=O)C3CC34CC(F)(F)C4)C3CCC(F)(F)CC3)cn2n1. The van der Waals surface area contributed by atoms with Crippen molar-refractivity contribution in [2.75, 3.05) is 6.54 Å². The molecule has 41 heavy (non-hydrogen) atoms. The first-order valence-corrected chi connectivity index (χ1v) is 13.9. The summed E-state index contributed by atoms with van der Waals surface area (Å²) < 4.78 is 95.9. The number of halogens is 7. The van der Waals surface area contributed by atoms with Crippen molar-refractivity contribution in [3.63, 3.8) is 0 Å². The zero-order valence-corrected chi connectivity index (χ0v) is 22.0. The van der Waals surface area contributed by atoms with Gasteiger partial charge in [-0.1, -0.05) is 0 Å². The molecule has 2 N–H and O–H groups in total. The van der Waals surface area contributed by atoms with E-state index < -0.39 is 65.6 Å². The number of nitrogens with zero attached hydrogens (tertiary/aromatic N) is 3. The maximum absolute atomic E-state index is 13.9. The third kappa shape index (κ3) is 5.62. The lowest BCUT2D eigenvalue weighted by molar-refractivity contribution is -0.183. The Labute approximate surface area is 230 Å². The summed E-state index contributed by atoms with van der Waals surface area (Å²) in [6, 6.07) is 2.42. The molecule has 4 fully saturated rings. The van der Waals surface area contributed by atoms with Crippen LogP contribution in [-0.4, -0.2) is 51.0 Å². The number of piperidine rings is 1. The van der Waals surface area contributed by atoms with Gasteiger partial charge in [0.05, 0.1) is 29.5 Å². The summed E-state index contributed by atoms with van der Waals surface area (Å²) >= 11 is 0. The highest BCUT2D eigenvalue weighted by atomic mass is 19.4. The molecular formula is C27H30F7N5O2. The van der Waals surface area contributed by atoms with E-state index in [0.29, 0.717) is 23.5 Å². The van der Waals surface area contributed by atoms with Crippen LogP contribution in [0, 0.1) is 29.1 Å². The summed E-state index contributed by atoms with van der Waals surface area (Å²) in [4.78, 5) is 29.9. The fourth-order valence-corrected chi connectivity index (χ4v) is 6.95. The monoisotopic (exact) mass is 589 g/mol. The Balaban J connectivity index is 1.21. The molecule has 7 nitrogen and oxygen atoms in total. The number of alkyl halides is 7. The van der Waals surface area contributed by atoms with Crippen LogP contribution in [0.5, 0.6) is 0 Å². The van der Waals surface area contributed by atoms with Gasteiger partial charge in [-0.15, -0.1) is 0 Å². The van der Waals surface area contributed by atoms with Gasteiger partial charge in [0.25, 0.3) is 0 Å². The second-order valence-corrected chi connectivity index (χ2v) is 12.4. The summed E-state index contributed by atoms with van der Waals surface area (Å²) in [6.07, 6.45) is -3.98. The molecule has 3 saturated carbocycles. The van der Waals surface area contributed by atoms with E-state index in [1.54, 1.807) is 12.1 Å². The minimum Gasteiger partial charge on any atom is -0.355 e. The molecule has 2 aromatic heterocycles. The second kappa shape index (κ2) is 9.55. The summed E-state index contributed by atoms with van der Waals surface area (Å²) in [5.74, 6) is -9.89. The maximum atomic E-state index is 13.9. The highest BCUT2D eigenvalue weighted by Gasteiger charge is 2.71. The molecule has 4 atom stereocenters. The van der Waals surface area contributed by atoms with E-state index in [-0.39, 0.29) is 57.3 Å². The number of nitrogens with one attached hydrogen (secondary N) is 2. The first-order chi connectivity index (χ1) is 19.1. The molecular weight excluding hydrogens is 559 g/mol. The number of amides is 2. The minimum absolute atomic E-state index is 0.0197.